The summed E-state index contributed by atoms with van der Waals surface area (Å²) in [5.41, 5.74) is 3.48. The molecule has 0 amide bonds. The van der Waals surface area contributed by atoms with Gasteiger partial charge in [-0.15, -0.1) is 9.89 Å². The van der Waals surface area contributed by atoms with Crippen LogP contribution in [0.25, 0.3) is 0 Å². The number of aromatic nitrogens is 3. The van der Waals surface area contributed by atoms with Gasteiger partial charge in [0.15, 0.2) is 12.0 Å². The van der Waals surface area contributed by atoms with Crippen molar-refractivity contribution in [2.45, 2.75) is 31.3 Å². The van der Waals surface area contributed by atoms with Crippen LogP contribution in [-0.4, -0.2) is 37.5 Å². The highest BCUT2D eigenvalue weighted by Gasteiger charge is 2.45. The second-order valence-corrected chi connectivity index (χ2v) is 7.84. The zero-order valence-corrected chi connectivity index (χ0v) is 15.0. The van der Waals surface area contributed by atoms with Gasteiger partial charge in [0.25, 0.3) is 0 Å². The third-order valence-corrected chi connectivity index (χ3v) is 5.83. The van der Waals surface area contributed by atoms with Crippen LogP contribution in [-0.2, 0) is 5.41 Å². The molecular formula is C17H17ClN8. The fraction of sp³-hybridized carbons (Fsp3) is 0.353. The van der Waals surface area contributed by atoms with Crippen LogP contribution in [0.1, 0.15) is 37.2 Å². The van der Waals surface area contributed by atoms with Crippen molar-refractivity contribution in [3.8, 4) is 0 Å². The lowest BCUT2D eigenvalue weighted by molar-refractivity contribution is 0.226. The molecule has 8 nitrogen and oxygen atoms in total. The largest absolute Gasteiger partial charge is 0.305 e. The topological polar surface area (TPSA) is 56.0 Å². The third kappa shape index (κ3) is 1.82. The summed E-state index contributed by atoms with van der Waals surface area (Å²) in [4.78, 5) is 8.68. The molecule has 4 heterocycles. The van der Waals surface area contributed by atoms with Crippen molar-refractivity contribution in [1.29, 1.82) is 0 Å². The van der Waals surface area contributed by atoms with E-state index in [2.05, 4.69) is 39.3 Å². The minimum absolute atomic E-state index is 0.138. The van der Waals surface area contributed by atoms with Crippen molar-refractivity contribution in [2.24, 2.45) is 4.99 Å². The molecule has 0 bridgehead atoms. The van der Waals surface area contributed by atoms with Gasteiger partial charge in [-0.1, -0.05) is 25.1 Å². The molecule has 1 saturated carbocycles. The van der Waals surface area contributed by atoms with Crippen molar-refractivity contribution in [1.82, 2.24) is 24.5 Å². The summed E-state index contributed by atoms with van der Waals surface area (Å²) >= 11 is 6.30. The van der Waals surface area contributed by atoms with Crippen molar-refractivity contribution in [3.63, 3.8) is 0 Å². The Morgan fingerprint density at radius 1 is 1.23 bits per heavy atom. The van der Waals surface area contributed by atoms with E-state index >= 15 is 0 Å². The molecule has 1 fully saturated rings. The highest BCUT2D eigenvalue weighted by molar-refractivity contribution is 6.14. The minimum Gasteiger partial charge on any atom is -0.305 e. The van der Waals surface area contributed by atoms with Gasteiger partial charge >= 0.3 is 0 Å². The first-order valence-electron chi connectivity index (χ1n) is 8.70. The number of halogens is 1. The number of rotatable bonds is 2. The maximum atomic E-state index is 6.30. The van der Waals surface area contributed by atoms with Crippen LogP contribution in [0.3, 0.4) is 0 Å². The summed E-state index contributed by atoms with van der Waals surface area (Å²) in [5, 5.41) is 12.7. The van der Waals surface area contributed by atoms with Crippen molar-refractivity contribution in [2.75, 3.05) is 16.7 Å². The van der Waals surface area contributed by atoms with E-state index < -0.39 is 0 Å². The molecule has 0 saturated heterocycles. The number of fused-ring (bicyclic) bond motifs is 6. The van der Waals surface area contributed by atoms with E-state index in [0.29, 0.717) is 6.67 Å². The third-order valence-electron chi connectivity index (χ3n) is 5.62. The number of anilines is 1. The maximum absolute atomic E-state index is 6.30. The minimum atomic E-state index is -0.138. The van der Waals surface area contributed by atoms with E-state index in [4.69, 9.17) is 16.8 Å². The summed E-state index contributed by atoms with van der Waals surface area (Å²) in [6.07, 6.45) is 7.92. The Hall–Kier alpha value is -2.74. The van der Waals surface area contributed by atoms with E-state index in [0.717, 1.165) is 22.8 Å². The van der Waals surface area contributed by atoms with Gasteiger partial charge in [0.2, 0.25) is 0 Å². The van der Waals surface area contributed by atoms with Gasteiger partial charge in [-0.3, -0.25) is 4.42 Å². The first kappa shape index (κ1) is 14.4. The highest BCUT2D eigenvalue weighted by Crippen LogP contribution is 2.47. The van der Waals surface area contributed by atoms with Crippen LogP contribution in [0.15, 0.2) is 47.5 Å². The van der Waals surface area contributed by atoms with Gasteiger partial charge in [-0.2, -0.15) is 5.12 Å². The zero-order chi connectivity index (χ0) is 17.5. The van der Waals surface area contributed by atoms with Crippen molar-refractivity contribution in [3.05, 3.63) is 53.7 Å². The number of hydrogen-bond acceptors (Lipinski definition) is 7. The summed E-state index contributed by atoms with van der Waals surface area (Å²) in [6.45, 7) is 2.82. The SMILES string of the molecule is CC1(c2cn(N3C=NC4c5ccccc5N5CN(Cl)C=C5N43)nn2)CC1. The predicted molar refractivity (Wildman–Crippen MR) is 97.5 cm³/mol. The number of benzene rings is 1. The lowest BCUT2D eigenvalue weighted by atomic mass is 10.1. The van der Waals surface area contributed by atoms with Crippen LogP contribution in [0.4, 0.5) is 5.69 Å². The van der Waals surface area contributed by atoms with Crippen LogP contribution in [0.5, 0.6) is 0 Å². The van der Waals surface area contributed by atoms with E-state index in [1.165, 1.54) is 12.8 Å². The summed E-state index contributed by atoms with van der Waals surface area (Å²) in [5.74, 6) is 0.968. The number of hydrogen-bond donors (Lipinski definition) is 0. The predicted octanol–water partition coefficient (Wildman–Crippen LogP) is 2.27. The van der Waals surface area contributed by atoms with Gasteiger partial charge in [-0.25, -0.2) is 10.0 Å². The maximum Gasteiger partial charge on any atom is 0.173 e. The highest BCUT2D eigenvalue weighted by atomic mass is 35.5. The Labute approximate surface area is 155 Å². The number of aliphatic imine (C=N–C) groups is 1. The van der Waals surface area contributed by atoms with Gasteiger partial charge in [0.05, 0.1) is 23.8 Å². The molecule has 6 rings (SSSR count). The van der Waals surface area contributed by atoms with Crippen LogP contribution in [0, 0.1) is 0 Å². The number of para-hydroxylation sites is 1. The Balaban J connectivity index is 1.44. The van der Waals surface area contributed by atoms with Crippen molar-refractivity contribution >= 4 is 23.8 Å². The molecule has 132 valence electrons. The number of hydrazine groups is 1. The summed E-state index contributed by atoms with van der Waals surface area (Å²) < 4.78 is 1.66. The molecule has 0 spiro atoms. The van der Waals surface area contributed by atoms with E-state index in [-0.39, 0.29) is 11.6 Å². The molecule has 0 radical (unpaired) electrons. The average molecular weight is 369 g/mol. The molecule has 1 aliphatic carbocycles. The van der Waals surface area contributed by atoms with E-state index in [1.54, 1.807) is 15.5 Å². The van der Waals surface area contributed by atoms with Gasteiger partial charge in [0.1, 0.15) is 13.0 Å². The molecule has 1 atom stereocenters. The molecule has 4 aliphatic rings. The summed E-state index contributed by atoms with van der Waals surface area (Å²) in [6, 6.07) is 8.30. The molecule has 1 aromatic heterocycles. The second-order valence-electron chi connectivity index (χ2n) is 7.40. The molecule has 1 aromatic carbocycles. The normalized spacial score (nSPS) is 24.5. The monoisotopic (exact) mass is 368 g/mol. The molecular weight excluding hydrogens is 352 g/mol. The van der Waals surface area contributed by atoms with Gasteiger partial charge in [0, 0.05) is 22.8 Å². The Bertz CT molecular complexity index is 961. The van der Waals surface area contributed by atoms with Crippen LogP contribution < -0.4 is 10.0 Å². The lowest BCUT2D eigenvalue weighted by Crippen LogP contribution is -2.51. The smallest absolute Gasteiger partial charge is 0.173 e. The zero-order valence-electron chi connectivity index (χ0n) is 14.2. The van der Waals surface area contributed by atoms with E-state index in [1.807, 2.05) is 29.6 Å². The Kier molecular flexibility index (Phi) is 2.61. The number of nitrogens with zero attached hydrogens (tertiary/aromatic N) is 8. The summed E-state index contributed by atoms with van der Waals surface area (Å²) in [7, 11) is 0. The molecule has 1 unspecified atom stereocenters. The Morgan fingerprint density at radius 3 is 2.92 bits per heavy atom. The quantitative estimate of drug-likeness (QED) is 0.758. The van der Waals surface area contributed by atoms with Crippen LogP contribution >= 0.6 is 11.8 Å². The lowest BCUT2D eigenvalue weighted by Gasteiger charge is -2.41. The first-order valence-corrected chi connectivity index (χ1v) is 9.03. The fourth-order valence-electron chi connectivity index (χ4n) is 3.80. The Morgan fingerprint density at radius 2 is 2.08 bits per heavy atom. The van der Waals surface area contributed by atoms with Crippen molar-refractivity contribution < 1.29 is 0 Å². The van der Waals surface area contributed by atoms with Gasteiger partial charge in [-0.05, 0) is 24.1 Å². The molecule has 2 aromatic rings. The molecule has 3 aliphatic heterocycles. The molecule has 9 heteroatoms. The molecule has 26 heavy (non-hydrogen) atoms. The second kappa shape index (κ2) is 4.70. The van der Waals surface area contributed by atoms with Crippen LogP contribution in [0.2, 0.25) is 0 Å². The van der Waals surface area contributed by atoms with Gasteiger partial charge < -0.3 is 4.90 Å². The molecule has 0 N–H and O–H groups in total. The first-order chi connectivity index (χ1) is 12.6. The average Bonchev–Trinajstić information content (AvgIpc) is 3.05. The standard InChI is InChI=1S/C17H17ClN8/c1-17(6-7-17)14-8-24(21-20-14)25-10-19-16-12-4-2-3-5-13(12)23-11-22(18)9-15(23)26(16)25/h2-5,8-10,16H,6-7,11H2,1H3. The fourth-order valence-corrected chi connectivity index (χ4v) is 3.99. The van der Waals surface area contributed by atoms with E-state index in [9.17, 15) is 0 Å².